The van der Waals surface area contributed by atoms with E-state index in [1.807, 2.05) is 4.90 Å². The van der Waals surface area contributed by atoms with Crippen LogP contribution < -0.4 is 5.32 Å². The summed E-state index contributed by atoms with van der Waals surface area (Å²) in [5.74, 6) is -0.804. The number of piperazine rings is 1. The molecule has 1 aliphatic heterocycles. The van der Waals surface area contributed by atoms with Crippen molar-refractivity contribution in [2.24, 2.45) is 0 Å². The Hall–Kier alpha value is -1.30. The van der Waals surface area contributed by atoms with Crippen molar-refractivity contribution >= 4 is 12.0 Å². The van der Waals surface area contributed by atoms with Gasteiger partial charge < -0.3 is 15.3 Å². The number of carboxylic acids is 1. The Morgan fingerprint density at radius 2 is 1.70 bits per heavy atom. The standard InChI is InChI=1S/C14H25N3O3/c1-11(12(18)19)16-7-9-17(10-8-16)13(20)15-14(2)5-3-4-6-14/h11H,3-10H2,1-2H3,(H,15,20)(H,18,19). The predicted octanol–water partition coefficient (Wildman–Crippen LogP) is 1.12. The molecule has 2 rings (SSSR count). The Kier molecular flexibility index (Phi) is 4.52. The number of carboxylic acid groups (broad SMARTS) is 1. The van der Waals surface area contributed by atoms with Gasteiger partial charge in [0, 0.05) is 31.7 Å². The van der Waals surface area contributed by atoms with E-state index in [-0.39, 0.29) is 11.6 Å². The average Bonchev–Trinajstić information content (AvgIpc) is 2.84. The van der Waals surface area contributed by atoms with Crippen LogP contribution in [-0.4, -0.2) is 64.7 Å². The summed E-state index contributed by atoms with van der Waals surface area (Å²) >= 11 is 0. The van der Waals surface area contributed by atoms with Crippen molar-refractivity contribution in [1.29, 1.82) is 0 Å². The summed E-state index contributed by atoms with van der Waals surface area (Å²) in [6.45, 7) is 6.24. The molecule has 1 saturated carbocycles. The van der Waals surface area contributed by atoms with Crippen LogP contribution in [0.2, 0.25) is 0 Å². The number of nitrogens with one attached hydrogen (secondary N) is 1. The molecule has 1 aliphatic carbocycles. The number of amides is 2. The van der Waals surface area contributed by atoms with E-state index in [2.05, 4.69) is 12.2 Å². The lowest BCUT2D eigenvalue weighted by Gasteiger charge is -2.38. The molecule has 2 aliphatic rings. The molecule has 1 atom stereocenters. The third kappa shape index (κ3) is 3.42. The normalized spacial score (nSPS) is 24.4. The van der Waals surface area contributed by atoms with Gasteiger partial charge in [0.1, 0.15) is 6.04 Å². The van der Waals surface area contributed by atoms with E-state index in [4.69, 9.17) is 5.11 Å². The molecular formula is C14H25N3O3. The van der Waals surface area contributed by atoms with E-state index < -0.39 is 12.0 Å². The molecule has 0 spiro atoms. The molecule has 6 nitrogen and oxygen atoms in total. The fraction of sp³-hybridized carbons (Fsp3) is 0.857. The quantitative estimate of drug-likeness (QED) is 0.814. The van der Waals surface area contributed by atoms with E-state index in [1.165, 1.54) is 12.8 Å². The fourth-order valence-corrected chi connectivity index (χ4v) is 3.09. The Bertz CT molecular complexity index is 372. The van der Waals surface area contributed by atoms with Crippen LogP contribution in [0, 0.1) is 0 Å². The number of carbonyl (C=O) groups is 2. The number of hydrogen-bond acceptors (Lipinski definition) is 3. The van der Waals surface area contributed by atoms with Gasteiger partial charge in [-0.3, -0.25) is 9.69 Å². The summed E-state index contributed by atoms with van der Waals surface area (Å²) in [5.41, 5.74) is -0.0530. The lowest BCUT2D eigenvalue weighted by Crippen LogP contribution is -2.57. The van der Waals surface area contributed by atoms with Crippen molar-refractivity contribution < 1.29 is 14.7 Å². The van der Waals surface area contributed by atoms with Gasteiger partial charge in [0.25, 0.3) is 0 Å². The number of aliphatic carboxylic acids is 1. The average molecular weight is 283 g/mol. The maximum Gasteiger partial charge on any atom is 0.320 e. The van der Waals surface area contributed by atoms with E-state index in [0.29, 0.717) is 26.2 Å². The van der Waals surface area contributed by atoms with Gasteiger partial charge in [-0.25, -0.2) is 4.79 Å². The summed E-state index contributed by atoms with van der Waals surface area (Å²) in [7, 11) is 0. The zero-order valence-corrected chi connectivity index (χ0v) is 12.4. The molecule has 0 aromatic carbocycles. The number of urea groups is 1. The molecule has 1 heterocycles. The molecule has 0 radical (unpaired) electrons. The molecule has 0 bridgehead atoms. The van der Waals surface area contributed by atoms with Crippen molar-refractivity contribution in [3.63, 3.8) is 0 Å². The van der Waals surface area contributed by atoms with Crippen molar-refractivity contribution in [1.82, 2.24) is 15.1 Å². The lowest BCUT2D eigenvalue weighted by molar-refractivity contribution is -0.143. The number of hydrogen-bond donors (Lipinski definition) is 2. The first-order chi connectivity index (χ1) is 9.41. The van der Waals surface area contributed by atoms with Crippen LogP contribution in [0.4, 0.5) is 4.79 Å². The van der Waals surface area contributed by atoms with Crippen LogP contribution in [0.25, 0.3) is 0 Å². The molecule has 1 unspecified atom stereocenters. The van der Waals surface area contributed by atoms with Crippen LogP contribution in [-0.2, 0) is 4.79 Å². The molecule has 2 fully saturated rings. The molecule has 20 heavy (non-hydrogen) atoms. The minimum atomic E-state index is -0.804. The second kappa shape index (κ2) is 5.99. The van der Waals surface area contributed by atoms with Gasteiger partial charge in [-0.2, -0.15) is 0 Å². The van der Waals surface area contributed by atoms with Crippen molar-refractivity contribution in [3.05, 3.63) is 0 Å². The van der Waals surface area contributed by atoms with Crippen molar-refractivity contribution in [3.8, 4) is 0 Å². The third-order valence-electron chi connectivity index (χ3n) is 4.62. The van der Waals surface area contributed by atoms with Gasteiger partial charge in [0.2, 0.25) is 0 Å². The predicted molar refractivity (Wildman–Crippen MR) is 75.6 cm³/mol. The zero-order chi connectivity index (χ0) is 14.8. The van der Waals surface area contributed by atoms with Gasteiger partial charge in [-0.1, -0.05) is 12.8 Å². The Morgan fingerprint density at radius 3 is 2.20 bits per heavy atom. The second-order valence-corrected chi connectivity index (χ2v) is 6.24. The molecule has 0 aromatic rings. The number of carbonyl (C=O) groups excluding carboxylic acids is 1. The monoisotopic (exact) mass is 283 g/mol. The highest BCUT2D eigenvalue weighted by atomic mass is 16.4. The van der Waals surface area contributed by atoms with Crippen LogP contribution >= 0.6 is 0 Å². The summed E-state index contributed by atoms with van der Waals surface area (Å²) in [6, 6.07) is -0.482. The van der Waals surface area contributed by atoms with Crippen LogP contribution in [0.5, 0.6) is 0 Å². The van der Waals surface area contributed by atoms with Crippen LogP contribution in [0.15, 0.2) is 0 Å². The lowest BCUT2D eigenvalue weighted by atomic mass is 10.0. The van der Waals surface area contributed by atoms with Gasteiger partial charge in [-0.15, -0.1) is 0 Å². The molecule has 114 valence electrons. The van der Waals surface area contributed by atoms with E-state index in [0.717, 1.165) is 12.8 Å². The van der Waals surface area contributed by atoms with E-state index in [9.17, 15) is 9.59 Å². The first-order valence-corrected chi connectivity index (χ1v) is 7.45. The molecule has 6 heteroatoms. The summed E-state index contributed by atoms with van der Waals surface area (Å²) < 4.78 is 0. The molecule has 0 aromatic heterocycles. The Balaban J connectivity index is 1.81. The van der Waals surface area contributed by atoms with Gasteiger partial charge >= 0.3 is 12.0 Å². The highest BCUT2D eigenvalue weighted by Gasteiger charge is 2.33. The van der Waals surface area contributed by atoms with Gasteiger partial charge in [0.15, 0.2) is 0 Å². The van der Waals surface area contributed by atoms with E-state index >= 15 is 0 Å². The fourth-order valence-electron chi connectivity index (χ4n) is 3.09. The minimum Gasteiger partial charge on any atom is -0.480 e. The zero-order valence-electron chi connectivity index (χ0n) is 12.4. The maximum absolute atomic E-state index is 12.2. The summed E-state index contributed by atoms with van der Waals surface area (Å²) in [4.78, 5) is 26.9. The smallest absolute Gasteiger partial charge is 0.320 e. The van der Waals surface area contributed by atoms with Crippen LogP contribution in [0.1, 0.15) is 39.5 Å². The van der Waals surface area contributed by atoms with E-state index in [1.54, 1.807) is 11.8 Å². The van der Waals surface area contributed by atoms with Crippen molar-refractivity contribution in [2.75, 3.05) is 26.2 Å². The second-order valence-electron chi connectivity index (χ2n) is 6.24. The largest absolute Gasteiger partial charge is 0.480 e. The number of nitrogens with zero attached hydrogens (tertiary/aromatic N) is 2. The SMILES string of the molecule is CC(C(=O)O)N1CCN(C(=O)NC2(C)CCCC2)CC1. The first kappa shape index (κ1) is 15.1. The first-order valence-electron chi connectivity index (χ1n) is 7.45. The van der Waals surface area contributed by atoms with Gasteiger partial charge in [-0.05, 0) is 26.7 Å². The number of rotatable bonds is 3. The van der Waals surface area contributed by atoms with Crippen LogP contribution in [0.3, 0.4) is 0 Å². The molecular weight excluding hydrogens is 258 g/mol. The van der Waals surface area contributed by atoms with Crippen molar-refractivity contribution in [2.45, 2.75) is 51.1 Å². The van der Waals surface area contributed by atoms with Gasteiger partial charge in [0.05, 0.1) is 0 Å². The molecule has 2 amide bonds. The highest BCUT2D eigenvalue weighted by Crippen LogP contribution is 2.29. The Morgan fingerprint density at radius 1 is 1.15 bits per heavy atom. The Labute approximate surface area is 120 Å². The maximum atomic E-state index is 12.2. The topological polar surface area (TPSA) is 72.9 Å². The summed E-state index contributed by atoms with van der Waals surface area (Å²) in [6.07, 6.45) is 4.46. The minimum absolute atomic E-state index is 0.00275. The summed E-state index contributed by atoms with van der Waals surface area (Å²) in [5, 5.41) is 12.1. The third-order valence-corrected chi connectivity index (χ3v) is 4.62. The molecule has 1 saturated heterocycles. The highest BCUT2D eigenvalue weighted by molar-refractivity contribution is 5.75. The molecule has 2 N–H and O–H groups in total.